The van der Waals surface area contributed by atoms with Crippen molar-refractivity contribution in [1.29, 1.82) is 0 Å². The number of carbonyl (C=O) groups excluding carboxylic acids is 2. The van der Waals surface area contributed by atoms with Crippen LogP contribution in [0.3, 0.4) is 0 Å². The molecule has 0 aromatic carbocycles. The molecule has 6 heteroatoms. The van der Waals surface area contributed by atoms with Crippen molar-refractivity contribution in [3.63, 3.8) is 0 Å². The molecular formula is C12H14BrNO4. The first-order chi connectivity index (χ1) is 8.43. The molecule has 0 unspecified atom stereocenters. The van der Waals surface area contributed by atoms with E-state index in [1.54, 1.807) is 19.9 Å². The lowest BCUT2D eigenvalue weighted by Gasteiger charge is -2.07. The van der Waals surface area contributed by atoms with Gasteiger partial charge in [0.25, 0.3) is 5.56 Å². The van der Waals surface area contributed by atoms with Crippen LogP contribution in [0.4, 0.5) is 0 Å². The van der Waals surface area contributed by atoms with Crippen LogP contribution in [0.1, 0.15) is 18.9 Å². The van der Waals surface area contributed by atoms with Gasteiger partial charge in [0.2, 0.25) is 0 Å². The van der Waals surface area contributed by atoms with E-state index in [1.165, 1.54) is 10.8 Å². The molecule has 98 valence electrons. The number of hydrogen-bond acceptors (Lipinski definition) is 4. The number of carbonyl (C=O) groups is 2. The predicted octanol–water partition coefficient (Wildman–Crippen LogP) is 1.44. The summed E-state index contributed by atoms with van der Waals surface area (Å²) in [7, 11) is 0. The molecule has 0 amide bonds. The Morgan fingerprint density at radius 1 is 1.44 bits per heavy atom. The Kier molecular flexibility index (Phi) is 5.27. The fourth-order valence-corrected chi connectivity index (χ4v) is 2.07. The molecule has 5 nitrogen and oxygen atoms in total. The molecule has 1 aromatic heterocycles. The Morgan fingerprint density at radius 3 is 2.72 bits per heavy atom. The number of hydrogen-bond donors (Lipinski definition) is 0. The number of ketones is 1. The third-order valence-corrected chi connectivity index (χ3v) is 2.66. The minimum absolute atomic E-state index is 0.127. The Bertz CT molecular complexity index is 521. The van der Waals surface area contributed by atoms with Crippen LogP contribution in [-0.2, 0) is 20.9 Å². The highest BCUT2D eigenvalue weighted by atomic mass is 79.9. The molecule has 0 spiro atoms. The van der Waals surface area contributed by atoms with Crippen LogP contribution >= 0.6 is 15.9 Å². The van der Waals surface area contributed by atoms with Gasteiger partial charge in [-0.2, -0.15) is 0 Å². The van der Waals surface area contributed by atoms with Crippen molar-refractivity contribution in [3.05, 3.63) is 32.7 Å². The first-order valence-electron chi connectivity index (χ1n) is 5.48. The summed E-state index contributed by atoms with van der Waals surface area (Å²) in [4.78, 5) is 34.5. The van der Waals surface area contributed by atoms with Crippen molar-refractivity contribution < 1.29 is 14.3 Å². The van der Waals surface area contributed by atoms with E-state index in [0.29, 0.717) is 10.0 Å². The molecule has 0 aliphatic heterocycles. The zero-order valence-corrected chi connectivity index (χ0v) is 11.8. The zero-order valence-electron chi connectivity index (χ0n) is 10.2. The van der Waals surface area contributed by atoms with Gasteiger partial charge in [-0.25, -0.2) is 0 Å². The van der Waals surface area contributed by atoms with Crippen molar-refractivity contribution in [2.24, 2.45) is 0 Å². The van der Waals surface area contributed by atoms with E-state index in [2.05, 4.69) is 20.7 Å². The van der Waals surface area contributed by atoms with Gasteiger partial charge in [-0.3, -0.25) is 14.4 Å². The van der Waals surface area contributed by atoms with Crippen LogP contribution in [0.2, 0.25) is 0 Å². The van der Waals surface area contributed by atoms with E-state index in [0.717, 1.165) is 0 Å². The smallest absolute Gasteiger partial charge is 0.313 e. The van der Waals surface area contributed by atoms with Gasteiger partial charge in [0.15, 0.2) is 5.78 Å². The van der Waals surface area contributed by atoms with Gasteiger partial charge in [0, 0.05) is 16.2 Å². The van der Waals surface area contributed by atoms with Crippen molar-refractivity contribution in [2.45, 2.75) is 26.8 Å². The number of halogens is 1. The lowest BCUT2D eigenvalue weighted by molar-refractivity contribution is -0.145. The summed E-state index contributed by atoms with van der Waals surface area (Å²) in [5.41, 5.74) is 0.295. The molecule has 0 fully saturated rings. The van der Waals surface area contributed by atoms with Crippen LogP contribution in [0, 0.1) is 6.92 Å². The summed E-state index contributed by atoms with van der Waals surface area (Å²) in [6, 6.07) is 1.68. The largest absolute Gasteiger partial charge is 0.466 e. The first-order valence-corrected chi connectivity index (χ1v) is 6.27. The second-order valence-electron chi connectivity index (χ2n) is 3.79. The van der Waals surface area contributed by atoms with Gasteiger partial charge in [0.1, 0.15) is 6.42 Å². The summed E-state index contributed by atoms with van der Waals surface area (Å²) in [6.07, 6.45) is 1.21. The molecular weight excluding hydrogens is 302 g/mol. The van der Waals surface area contributed by atoms with Crippen molar-refractivity contribution in [2.75, 3.05) is 6.61 Å². The molecule has 0 bridgehead atoms. The molecule has 1 aromatic rings. The number of Topliss-reactive ketones (excluding diaryl/α,β-unsaturated/α-hetero) is 1. The lowest BCUT2D eigenvalue weighted by atomic mass is 10.2. The number of pyridine rings is 1. The van der Waals surface area contributed by atoms with Gasteiger partial charge >= 0.3 is 5.97 Å². The maximum Gasteiger partial charge on any atom is 0.313 e. The van der Waals surface area contributed by atoms with E-state index in [9.17, 15) is 14.4 Å². The fourth-order valence-electron chi connectivity index (χ4n) is 1.48. The third-order valence-electron chi connectivity index (χ3n) is 2.23. The minimum Gasteiger partial charge on any atom is -0.466 e. The highest BCUT2D eigenvalue weighted by Gasteiger charge is 2.12. The van der Waals surface area contributed by atoms with Gasteiger partial charge in [-0.15, -0.1) is 0 Å². The Labute approximate surface area is 113 Å². The third kappa shape index (κ3) is 4.10. The highest BCUT2D eigenvalue weighted by Crippen LogP contribution is 2.08. The molecule has 0 N–H and O–H groups in total. The summed E-state index contributed by atoms with van der Waals surface area (Å²) in [5, 5.41) is 0. The Hall–Kier alpha value is -1.43. The molecule has 0 radical (unpaired) electrons. The molecule has 0 aliphatic rings. The SMILES string of the molecule is CCOC(=O)CC(=O)Cn1cc(Br)cc(C)c1=O. The second-order valence-corrected chi connectivity index (χ2v) is 4.71. The summed E-state index contributed by atoms with van der Waals surface area (Å²) < 4.78 is 6.66. The normalized spacial score (nSPS) is 10.2. The number of aromatic nitrogens is 1. The molecule has 0 atom stereocenters. The van der Waals surface area contributed by atoms with Crippen LogP contribution in [-0.4, -0.2) is 22.9 Å². The van der Waals surface area contributed by atoms with Crippen LogP contribution in [0.25, 0.3) is 0 Å². The Balaban J connectivity index is 2.76. The van der Waals surface area contributed by atoms with Gasteiger partial charge in [0.05, 0.1) is 13.2 Å². The molecule has 0 saturated carbocycles. The van der Waals surface area contributed by atoms with Gasteiger partial charge < -0.3 is 9.30 Å². The fraction of sp³-hybridized carbons (Fsp3) is 0.417. The van der Waals surface area contributed by atoms with Crippen LogP contribution in [0.15, 0.2) is 21.5 Å². The molecule has 1 heterocycles. The van der Waals surface area contributed by atoms with Crippen LogP contribution in [0.5, 0.6) is 0 Å². The number of aryl methyl sites for hydroxylation is 1. The maximum atomic E-state index is 11.7. The van der Waals surface area contributed by atoms with Crippen LogP contribution < -0.4 is 5.56 Å². The summed E-state index contributed by atoms with van der Waals surface area (Å²) in [6.45, 7) is 3.45. The summed E-state index contributed by atoms with van der Waals surface area (Å²) in [5.74, 6) is -0.921. The molecule has 18 heavy (non-hydrogen) atoms. The van der Waals surface area contributed by atoms with Crippen molar-refractivity contribution >= 4 is 27.7 Å². The standard InChI is InChI=1S/C12H14BrNO4/c1-3-18-11(16)5-10(15)7-14-6-9(13)4-8(2)12(14)17/h4,6H,3,5,7H2,1-2H3. The highest BCUT2D eigenvalue weighted by molar-refractivity contribution is 9.10. The van der Waals surface area contributed by atoms with E-state index in [1.807, 2.05) is 0 Å². The van der Waals surface area contributed by atoms with Gasteiger partial charge in [-0.1, -0.05) is 0 Å². The van der Waals surface area contributed by atoms with E-state index >= 15 is 0 Å². The minimum atomic E-state index is -0.567. The quantitative estimate of drug-likeness (QED) is 0.609. The van der Waals surface area contributed by atoms with E-state index in [-0.39, 0.29) is 30.9 Å². The molecule has 0 aliphatic carbocycles. The lowest BCUT2D eigenvalue weighted by Crippen LogP contribution is -2.26. The molecule has 1 rings (SSSR count). The first kappa shape index (κ1) is 14.6. The average Bonchev–Trinajstić information content (AvgIpc) is 2.25. The maximum absolute atomic E-state index is 11.7. The summed E-state index contributed by atoms with van der Waals surface area (Å²) >= 11 is 3.25. The topological polar surface area (TPSA) is 65.4 Å². The van der Waals surface area contributed by atoms with Gasteiger partial charge in [-0.05, 0) is 35.8 Å². The van der Waals surface area contributed by atoms with E-state index < -0.39 is 5.97 Å². The number of esters is 1. The average molecular weight is 316 g/mol. The van der Waals surface area contributed by atoms with Crippen molar-refractivity contribution in [3.8, 4) is 0 Å². The monoisotopic (exact) mass is 315 g/mol. The predicted molar refractivity (Wildman–Crippen MR) is 69.4 cm³/mol. The number of rotatable bonds is 5. The second kappa shape index (κ2) is 6.49. The number of nitrogens with zero attached hydrogens (tertiary/aromatic N) is 1. The van der Waals surface area contributed by atoms with E-state index in [4.69, 9.17) is 0 Å². The zero-order chi connectivity index (χ0) is 13.7. The van der Waals surface area contributed by atoms with Crippen molar-refractivity contribution in [1.82, 2.24) is 4.57 Å². The Morgan fingerprint density at radius 2 is 2.11 bits per heavy atom. The number of ether oxygens (including phenoxy) is 1. The molecule has 0 saturated heterocycles.